The third-order valence-electron chi connectivity index (χ3n) is 4.22. The average Bonchev–Trinajstić information content (AvgIpc) is 2.61. The molecule has 1 aliphatic rings. The number of primary sulfonamides is 1. The van der Waals surface area contributed by atoms with Crippen LogP contribution in [0.4, 0.5) is 5.82 Å². The van der Waals surface area contributed by atoms with Crippen molar-refractivity contribution in [3.8, 4) is 0 Å². The van der Waals surface area contributed by atoms with Gasteiger partial charge < -0.3 is 9.80 Å². The number of amides is 1. The summed E-state index contributed by atoms with van der Waals surface area (Å²) in [4.78, 5) is 20.3. The maximum atomic E-state index is 12.6. The molecule has 1 saturated heterocycles. The lowest BCUT2D eigenvalue weighted by atomic mass is 10.1. The van der Waals surface area contributed by atoms with E-state index in [2.05, 4.69) is 4.98 Å². The van der Waals surface area contributed by atoms with Gasteiger partial charge in [0, 0.05) is 37.9 Å². The van der Waals surface area contributed by atoms with E-state index in [1.165, 1.54) is 12.3 Å². The number of hydrogen-bond acceptors (Lipinski definition) is 5. The number of nitrogens with two attached hydrogens (primary N) is 1. The minimum atomic E-state index is -3.84. The van der Waals surface area contributed by atoms with E-state index in [4.69, 9.17) is 5.14 Å². The van der Waals surface area contributed by atoms with Crippen molar-refractivity contribution in [3.63, 3.8) is 0 Å². The zero-order chi connectivity index (χ0) is 18.0. The molecule has 1 fully saturated rings. The number of anilines is 1. The van der Waals surface area contributed by atoms with Crippen LogP contribution in [0.5, 0.6) is 0 Å². The van der Waals surface area contributed by atoms with E-state index >= 15 is 0 Å². The Balaban J connectivity index is 1.72. The van der Waals surface area contributed by atoms with E-state index in [-0.39, 0.29) is 10.8 Å². The van der Waals surface area contributed by atoms with E-state index in [0.717, 1.165) is 5.56 Å². The van der Waals surface area contributed by atoms with E-state index in [9.17, 15) is 13.2 Å². The first-order valence-electron chi connectivity index (χ1n) is 7.95. The molecule has 25 heavy (non-hydrogen) atoms. The van der Waals surface area contributed by atoms with Crippen molar-refractivity contribution >= 4 is 21.7 Å². The van der Waals surface area contributed by atoms with Gasteiger partial charge in [0.2, 0.25) is 10.0 Å². The highest BCUT2D eigenvalue weighted by Gasteiger charge is 2.26. The standard InChI is InChI=1S/C17H20N4O3S/c1-13-4-6-14(7-5-13)17(22)21-11-9-20(10-12-21)16-15(25(18,23)24)3-2-8-19-16/h2-8H,9-12H2,1H3,(H2,18,23,24). The Morgan fingerprint density at radius 1 is 1.08 bits per heavy atom. The van der Waals surface area contributed by atoms with Crippen LogP contribution in [-0.4, -0.2) is 50.4 Å². The van der Waals surface area contributed by atoms with E-state index in [1.807, 2.05) is 36.1 Å². The Hall–Kier alpha value is -2.45. The molecule has 2 aromatic rings. The lowest BCUT2D eigenvalue weighted by molar-refractivity contribution is 0.0746. The highest BCUT2D eigenvalue weighted by atomic mass is 32.2. The number of benzene rings is 1. The van der Waals surface area contributed by atoms with Crippen LogP contribution in [0.2, 0.25) is 0 Å². The monoisotopic (exact) mass is 360 g/mol. The predicted molar refractivity (Wildman–Crippen MR) is 94.9 cm³/mol. The van der Waals surface area contributed by atoms with Gasteiger partial charge in [-0.2, -0.15) is 0 Å². The summed E-state index contributed by atoms with van der Waals surface area (Å²) in [5.41, 5.74) is 1.76. The molecule has 132 valence electrons. The van der Waals surface area contributed by atoms with E-state index < -0.39 is 10.0 Å². The van der Waals surface area contributed by atoms with Crippen LogP contribution in [-0.2, 0) is 10.0 Å². The van der Waals surface area contributed by atoms with Gasteiger partial charge in [-0.05, 0) is 31.2 Å². The molecule has 8 heteroatoms. The molecular weight excluding hydrogens is 340 g/mol. The first-order chi connectivity index (χ1) is 11.9. The molecule has 0 spiro atoms. The second kappa shape index (κ2) is 6.81. The summed E-state index contributed by atoms with van der Waals surface area (Å²) < 4.78 is 23.5. The van der Waals surface area contributed by atoms with Gasteiger partial charge in [0.05, 0.1) is 0 Å². The first kappa shape index (κ1) is 17.4. The number of pyridine rings is 1. The van der Waals surface area contributed by atoms with Crippen LogP contribution in [0.1, 0.15) is 15.9 Å². The number of nitrogens with zero attached hydrogens (tertiary/aromatic N) is 3. The van der Waals surface area contributed by atoms with Crippen LogP contribution in [0.15, 0.2) is 47.5 Å². The molecule has 2 heterocycles. The molecule has 7 nitrogen and oxygen atoms in total. The fourth-order valence-electron chi connectivity index (χ4n) is 2.84. The lowest BCUT2D eigenvalue weighted by Crippen LogP contribution is -2.49. The van der Waals surface area contributed by atoms with Gasteiger partial charge >= 0.3 is 0 Å². The number of aryl methyl sites for hydroxylation is 1. The third-order valence-corrected chi connectivity index (χ3v) is 5.15. The minimum absolute atomic E-state index is 0.00770. The second-order valence-corrected chi connectivity index (χ2v) is 7.55. The van der Waals surface area contributed by atoms with Crippen LogP contribution >= 0.6 is 0 Å². The molecule has 0 saturated carbocycles. The number of piperazine rings is 1. The number of sulfonamides is 1. The highest BCUT2D eigenvalue weighted by Crippen LogP contribution is 2.22. The zero-order valence-corrected chi connectivity index (χ0v) is 14.7. The Kier molecular flexibility index (Phi) is 4.73. The molecule has 0 atom stereocenters. The molecule has 1 aromatic heterocycles. The summed E-state index contributed by atoms with van der Waals surface area (Å²) in [5.74, 6) is 0.319. The van der Waals surface area contributed by atoms with Crippen molar-refractivity contribution in [3.05, 3.63) is 53.7 Å². The number of aromatic nitrogens is 1. The van der Waals surface area contributed by atoms with Gasteiger partial charge in [0.1, 0.15) is 10.7 Å². The largest absolute Gasteiger partial charge is 0.352 e. The summed E-state index contributed by atoms with van der Waals surface area (Å²) in [5, 5.41) is 5.27. The molecule has 0 radical (unpaired) electrons. The summed E-state index contributed by atoms with van der Waals surface area (Å²) >= 11 is 0. The number of rotatable bonds is 3. The van der Waals surface area contributed by atoms with Crippen molar-refractivity contribution < 1.29 is 13.2 Å². The van der Waals surface area contributed by atoms with Crippen LogP contribution in [0, 0.1) is 6.92 Å². The lowest BCUT2D eigenvalue weighted by Gasteiger charge is -2.36. The normalized spacial score (nSPS) is 15.3. The zero-order valence-electron chi connectivity index (χ0n) is 13.9. The van der Waals surface area contributed by atoms with Crippen LogP contribution in [0.3, 0.4) is 0 Å². The molecule has 1 aromatic carbocycles. The summed E-state index contributed by atoms with van der Waals surface area (Å²) in [6.45, 7) is 3.96. The Bertz CT molecular complexity index is 873. The third kappa shape index (κ3) is 3.80. The smallest absolute Gasteiger partial charge is 0.253 e. The fourth-order valence-corrected chi connectivity index (χ4v) is 3.55. The van der Waals surface area contributed by atoms with E-state index in [0.29, 0.717) is 37.6 Å². The average molecular weight is 360 g/mol. The topological polar surface area (TPSA) is 96.6 Å². The number of hydrogen-bond donors (Lipinski definition) is 1. The first-order valence-corrected chi connectivity index (χ1v) is 9.49. The molecule has 0 aliphatic carbocycles. The van der Waals surface area contributed by atoms with Crippen LogP contribution in [0.25, 0.3) is 0 Å². The quantitative estimate of drug-likeness (QED) is 0.881. The number of carbonyl (C=O) groups excluding carboxylic acids is 1. The summed E-state index contributed by atoms with van der Waals surface area (Å²) in [6.07, 6.45) is 1.54. The van der Waals surface area contributed by atoms with Crippen molar-refractivity contribution in [1.29, 1.82) is 0 Å². The highest BCUT2D eigenvalue weighted by molar-refractivity contribution is 7.89. The maximum absolute atomic E-state index is 12.6. The Morgan fingerprint density at radius 2 is 1.72 bits per heavy atom. The van der Waals surface area contributed by atoms with Gasteiger partial charge in [0.15, 0.2) is 0 Å². The van der Waals surface area contributed by atoms with Crippen molar-refractivity contribution in [2.75, 3.05) is 31.1 Å². The summed E-state index contributed by atoms with van der Waals surface area (Å²) in [6, 6.07) is 10.5. The summed E-state index contributed by atoms with van der Waals surface area (Å²) in [7, 11) is -3.84. The molecule has 0 unspecified atom stereocenters. The molecule has 3 rings (SSSR count). The number of carbonyl (C=O) groups is 1. The van der Waals surface area contributed by atoms with Crippen molar-refractivity contribution in [2.45, 2.75) is 11.8 Å². The van der Waals surface area contributed by atoms with E-state index in [1.54, 1.807) is 11.0 Å². The molecular formula is C17H20N4O3S. The molecule has 1 amide bonds. The maximum Gasteiger partial charge on any atom is 0.253 e. The molecule has 0 bridgehead atoms. The minimum Gasteiger partial charge on any atom is -0.352 e. The van der Waals surface area contributed by atoms with Gasteiger partial charge in [0.25, 0.3) is 5.91 Å². The Labute approximate surface area is 147 Å². The van der Waals surface area contributed by atoms with Gasteiger partial charge in [-0.1, -0.05) is 17.7 Å². The van der Waals surface area contributed by atoms with Gasteiger partial charge in [-0.25, -0.2) is 18.5 Å². The van der Waals surface area contributed by atoms with Crippen molar-refractivity contribution in [2.24, 2.45) is 5.14 Å². The van der Waals surface area contributed by atoms with Crippen molar-refractivity contribution in [1.82, 2.24) is 9.88 Å². The Morgan fingerprint density at radius 3 is 2.32 bits per heavy atom. The molecule has 1 aliphatic heterocycles. The second-order valence-electron chi connectivity index (χ2n) is 6.02. The SMILES string of the molecule is Cc1ccc(C(=O)N2CCN(c3ncccc3S(N)(=O)=O)CC2)cc1. The van der Waals surface area contributed by atoms with Crippen LogP contribution < -0.4 is 10.0 Å². The van der Waals surface area contributed by atoms with Gasteiger partial charge in [-0.3, -0.25) is 4.79 Å². The fraction of sp³-hybridized carbons (Fsp3) is 0.294. The van der Waals surface area contributed by atoms with Gasteiger partial charge in [-0.15, -0.1) is 0 Å². The molecule has 2 N–H and O–H groups in total. The predicted octanol–water partition coefficient (Wildman–Crippen LogP) is 1.000.